The number of nitrogens with zero attached hydrogens (tertiary/aromatic N) is 6. The highest BCUT2D eigenvalue weighted by Crippen LogP contribution is 2.29. The predicted octanol–water partition coefficient (Wildman–Crippen LogP) is 2.59. The minimum atomic E-state index is -0.561. The number of rotatable bonds is 9. The number of amides is 1. The molecule has 0 aliphatic carbocycles. The topological polar surface area (TPSA) is 156 Å². The first-order chi connectivity index (χ1) is 17.0. The third-order valence-electron chi connectivity index (χ3n) is 5.04. The SMILES string of the molecule is CCOc1cc(/C=N/NC(=O)c2c(C)nnn2-c2nonc2N)ccc1OCc1ccccc1C. The fourth-order valence-electron chi connectivity index (χ4n) is 3.24. The van der Waals surface area contributed by atoms with Gasteiger partial charge in [0.25, 0.3) is 5.91 Å². The van der Waals surface area contributed by atoms with Crippen molar-refractivity contribution in [2.24, 2.45) is 5.10 Å². The molecule has 0 aliphatic heterocycles. The van der Waals surface area contributed by atoms with Crippen LogP contribution in [0.3, 0.4) is 0 Å². The Morgan fingerprint density at radius 3 is 2.74 bits per heavy atom. The van der Waals surface area contributed by atoms with Crippen LogP contribution in [0.4, 0.5) is 5.82 Å². The van der Waals surface area contributed by atoms with Crippen LogP contribution in [0.1, 0.15) is 39.8 Å². The van der Waals surface area contributed by atoms with Gasteiger partial charge in [0.2, 0.25) is 11.6 Å². The molecule has 0 aliphatic rings. The number of aryl methyl sites for hydroxylation is 2. The Bertz CT molecular complexity index is 1360. The number of anilines is 1. The minimum absolute atomic E-state index is 0.0272. The minimum Gasteiger partial charge on any atom is -0.490 e. The zero-order valence-electron chi connectivity index (χ0n) is 19.4. The van der Waals surface area contributed by atoms with Crippen molar-refractivity contribution in [3.05, 3.63) is 70.5 Å². The third kappa shape index (κ3) is 5.27. The number of benzene rings is 2. The lowest BCUT2D eigenvalue weighted by molar-refractivity contribution is 0.0946. The fourth-order valence-corrected chi connectivity index (χ4v) is 3.24. The number of carbonyl (C=O) groups is 1. The number of aromatic nitrogens is 5. The summed E-state index contributed by atoms with van der Waals surface area (Å²) in [6.07, 6.45) is 1.49. The van der Waals surface area contributed by atoms with E-state index in [9.17, 15) is 4.79 Å². The maximum absolute atomic E-state index is 12.7. The highest BCUT2D eigenvalue weighted by molar-refractivity contribution is 5.94. The molecule has 35 heavy (non-hydrogen) atoms. The number of nitrogens with one attached hydrogen (secondary N) is 1. The van der Waals surface area contributed by atoms with E-state index in [-0.39, 0.29) is 17.3 Å². The van der Waals surface area contributed by atoms with Crippen molar-refractivity contribution in [3.63, 3.8) is 0 Å². The summed E-state index contributed by atoms with van der Waals surface area (Å²) in [5, 5.41) is 18.9. The van der Waals surface area contributed by atoms with E-state index in [0.29, 0.717) is 36.0 Å². The molecule has 0 saturated heterocycles. The van der Waals surface area contributed by atoms with Crippen LogP contribution in [0.15, 0.2) is 52.2 Å². The molecule has 2 aromatic heterocycles. The molecule has 2 aromatic carbocycles. The summed E-state index contributed by atoms with van der Waals surface area (Å²) in [7, 11) is 0. The summed E-state index contributed by atoms with van der Waals surface area (Å²) in [6.45, 7) is 6.44. The number of carbonyl (C=O) groups excluding carboxylic acids is 1. The second-order valence-corrected chi connectivity index (χ2v) is 7.46. The Balaban J connectivity index is 1.46. The Kier molecular flexibility index (Phi) is 7.00. The molecule has 2 heterocycles. The summed E-state index contributed by atoms with van der Waals surface area (Å²) in [5.74, 6) is 0.654. The summed E-state index contributed by atoms with van der Waals surface area (Å²) in [4.78, 5) is 12.7. The van der Waals surface area contributed by atoms with Crippen LogP contribution < -0.4 is 20.6 Å². The van der Waals surface area contributed by atoms with Crippen molar-refractivity contribution >= 4 is 17.9 Å². The standard InChI is InChI=1S/C23H24N8O4/c1-4-33-19-11-16(9-10-18(19)34-13-17-8-6-5-7-14(17)2)12-25-27-23(32)20-15(3)26-30-31(20)22-21(24)28-35-29-22/h5-12H,4,13H2,1-3H3,(H2,24,28)(H,27,32)/b25-12+. The van der Waals surface area contributed by atoms with Crippen molar-refractivity contribution < 1.29 is 18.9 Å². The van der Waals surface area contributed by atoms with Crippen LogP contribution in [0.2, 0.25) is 0 Å². The van der Waals surface area contributed by atoms with E-state index in [1.165, 1.54) is 6.21 Å². The molecule has 12 heteroatoms. The van der Waals surface area contributed by atoms with E-state index in [1.807, 2.05) is 44.2 Å². The third-order valence-corrected chi connectivity index (χ3v) is 5.04. The van der Waals surface area contributed by atoms with Crippen LogP contribution in [0.25, 0.3) is 5.82 Å². The van der Waals surface area contributed by atoms with Crippen LogP contribution in [0.5, 0.6) is 11.5 Å². The number of hydrogen-bond acceptors (Lipinski definition) is 10. The summed E-state index contributed by atoms with van der Waals surface area (Å²) in [5.41, 5.74) is 11.6. The zero-order chi connectivity index (χ0) is 24.8. The lowest BCUT2D eigenvalue weighted by Crippen LogP contribution is -2.22. The van der Waals surface area contributed by atoms with E-state index in [0.717, 1.165) is 15.8 Å². The van der Waals surface area contributed by atoms with E-state index in [2.05, 4.69) is 35.8 Å². The molecule has 0 unspecified atom stereocenters. The van der Waals surface area contributed by atoms with Crippen molar-refractivity contribution in [3.8, 4) is 17.3 Å². The molecule has 0 atom stereocenters. The lowest BCUT2D eigenvalue weighted by Gasteiger charge is -2.13. The van der Waals surface area contributed by atoms with Crippen LogP contribution >= 0.6 is 0 Å². The molecule has 0 radical (unpaired) electrons. The van der Waals surface area contributed by atoms with Gasteiger partial charge in [-0.1, -0.05) is 29.5 Å². The van der Waals surface area contributed by atoms with Gasteiger partial charge < -0.3 is 15.2 Å². The van der Waals surface area contributed by atoms with Crippen LogP contribution in [-0.2, 0) is 6.61 Å². The second kappa shape index (κ2) is 10.5. The van der Waals surface area contributed by atoms with Gasteiger partial charge in [-0.25, -0.2) is 10.1 Å². The predicted molar refractivity (Wildman–Crippen MR) is 127 cm³/mol. The van der Waals surface area contributed by atoms with Gasteiger partial charge in [-0.2, -0.15) is 9.78 Å². The van der Waals surface area contributed by atoms with Gasteiger partial charge in [-0.3, -0.25) is 4.79 Å². The molecule has 0 saturated carbocycles. The number of ether oxygens (including phenoxy) is 2. The van der Waals surface area contributed by atoms with Gasteiger partial charge >= 0.3 is 0 Å². The first-order valence-corrected chi connectivity index (χ1v) is 10.8. The Labute approximate surface area is 200 Å². The monoisotopic (exact) mass is 476 g/mol. The van der Waals surface area contributed by atoms with E-state index >= 15 is 0 Å². The van der Waals surface area contributed by atoms with Crippen molar-refractivity contribution in [1.29, 1.82) is 0 Å². The number of nitrogen functional groups attached to an aromatic ring is 1. The van der Waals surface area contributed by atoms with Crippen molar-refractivity contribution in [1.82, 2.24) is 30.7 Å². The van der Waals surface area contributed by atoms with Gasteiger partial charge in [0.15, 0.2) is 17.2 Å². The average Bonchev–Trinajstić information content (AvgIpc) is 3.44. The van der Waals surface area contributed by atoms with Gasteiger partial charge in [0.05, 0.1) is 18.5 Å². The molecule has 0 spiro atoms. The molecule has 4 aromatic rings. The van der Waals surface area contributed by atoms with Crippen LogP contribution in [0, 0.1) is 13.8 Å². The maximum Gasteiger partial charge on any atom is 0.292 e. The summed E-state index contributed by atoms with van der Waals surface area (Å²) >= 11 is 0. The van der Waals surface area contributed by atoms with Gasteiger partial charge in [0.1, 0.15) is 6.61 Å². The smallest absolute Gasteiger partial charge is 0.292 e. The maximum atomic E-state index is 12.7. The highest BCUT2D eigenvalue weighted by atomic mass is 16.6. The first-order valence-electron chi connectivity index (χ1n) is 10.8. The molecule has 12 nitrogen and oxygen atoms in total. The Morgan fingerprint density at radius 1 is 1.17 bits per heavy atom. The highest BCUT2D eigenvalue weighted by Gasteiger charge is 2.22. The summed E-state index contributed by atoms with van der Waals surface area (Å²) < 4.78 is 17.4. The molecule has 4 rings (SSSR count). The molecule has 180 valence electrons. The molecule has 0 fully saturated rings. The zero-order valence-corrected chi connectivity index (χ0v) is 19.4. The Morgan fingerprint density at radius 2 is 2.00 bits per heavy atom. The molecule has 0 bridgehead atoms. The molecule has 1 amide bonds. The fraction of sp³-hybridized carbons (Fsp3) is 0.217. The van der Waals surface area contributed by atoms with Crippen molar-refractivity contribution in [2.45, 2.75) is 27.4 Å². The molecular formula is C23H24N8O4. The van der Waals surface area contributed by atoms with Crippen LogP contribution in [-0.4, -0.2) is 44.0 Å². The molecule has 3 N–H and O–H groups in total. The van der Waals surface area contributed by atoms with E-state index < -0.39 is 5.91 Å². The largest absolute Gasteiger partial charge is 0.490 e. The second-order valence-electron chi connectivity index (χ2n) is 7.46. The number of nitrogens with two attached hydrogens (primary N) is 1. The normalized spacial score (nSPS) is 11.1. The lowest BCUT2D eigenvalue weighted by atomic mass is 10.1. The van der Waals surface area contributed by atoms with E-state index in [1.54, 1.807) is 19.1 Å². The van der Waals surface area contributed by atoms with Gasteiger partial charge in [-0.15, -0.1) is 5.10 Å². The summed E-state index contributed by atoms with van der Waals surface area (Å²) in [6, 6.07) is 13.4. The van der Waals surface area contributed by atoms with Gasteiger partial charge in [-0.05, 0) is 66.0 Å². The van der Waals surface area contributed by atoms with Crippen molar-refractivity contribution in [2.75, 3.05) is 12.3 Å². The number of hydrazone groups is 1. The number of hydrogen-bond donors (Lipinski definition) is 2. The van der Waals surface area contributed by atoms with Gasteiger partial charge in [0, 0.05) is 0 Å². The average molecular weight is 476 g/mol. The quantitative estimate of drug-likeness (QED) is 0.274. The Hall–Kier alpha value is -4.74. The first kappa shape index (κ1) is 23.4. The molecular weight excluding hydrogens is 452 g/mol. The van der Waals surface area contributed by atoms with E-state index in [4.69, 9.17) is 15.2 Å².